The molecule has 0 rings (SSSR count). The zero-order chi connectivity index (χ0) is 69.1. The quantitative estimate of drug-likeness (QED) is 0.0222. The standard InChI is InChI=1S/C75H146O17P2/c1-6-9-12-15-17-19-21-23-25-27-29-31-33-35-40-44-49-54-59-73(78)86-65-71(92-75(80)60-55-50-45-41-36-34-32-30-28-26-24-22-20-18-16-13-10-7-2)67-90-94(83,84)88-63-69(76)62-87-93(81,82)89-66-70(64-85-72(77)58-53-47-14-11-8-3)91-74(79)61-56-51-46-42-38-37-39-43-48-52-57-68(4)5/h68-71,76H,6-67H2,1-5H3,(H,81,82)(H,83,84)/t69-,70+,71+/m0/s1. The Morgan fingerprint density at radius 1 is 0.287 bits per heavy atom. The zero-order valence-corrected chi connectivity index (χ0v) is 62.9. The van der Waals surface area contributed by atoms with Crippen molar-refractivity contribution in [2.45, 2.75) is 412 Å². The van der Waals surface area contributed by atoms with Gasteiger partial charge in [-0.1, -0.05) is 343 Å². The molecule has 94 heavy (non-hydrogen) atoms. The van der Waals surface area contributed by atoms with Crippen LogP contribution in [0, 0.1) is 5.92 Å². The fourth-order valence-corrected chi connectivity index (χ4v) is 13.1. The molecule has 0 saturated carbocycles. The van der Waals surface area contributed by atoms with E-state index in [1.165, 1.54) is 212 Å². The Kier molecular flexibility index (Phi) is 66.8. The highest BCUT2D eigenvalue weighted by molar-refractivity contribution is 7.47. The number of aliphatic hydroxyl groups excluding tert-OH is 1. The largest absolute Gasteiger partial charge is 0.472 e. The van der Waals surface area contributed by atoms with E-state index in [1.807, 2.05) is 0 Å². The summed E-state index contributed by atoms with van der Waals surface area (Å²) >= 11 is 0. The molecule has 0 amide bonds. The van der Waals surface area contributed by atoms with Crippen LogP contribution in [0.3, 0.4) is 0 Å². The Labute approximate surface area is 575 Å². The first kappa shape index (κ1) is 92.1. The second kappa shape index (κ2) is 68.2. The van der Waals surface area contributed by atoms with Crippen LogP contribution < -0.4 is 0 Å². The first-order valence-corrected chi connectivity index (χ1v) is 42.1. The molecule has 0 spiro atoms. The van der Waals surface area contributed by atoms with Crippen molar-refractivity contribution in [3.63, 3.8) is 0 Å². The average molecular weight is 1380 g/mol. The van der Waals surface area contributed by atoms with Crippen molar-refractivity contribution in [1.82, 2.24) is 0 Å². The van der Waals surface area contributed by atoms with Crippen LogP contribution in [0.2, 0.25) is 0 Å². The highest BCUT2D eigenvalue weighted by Gasteiger charge is 2.30. The molecule has 0 aromatic heterocycles. The molecule has 0 aromatic carbocycles. The molecule has 17 nitrogen and oxygen atoms in total. The summed E-state index contributed by atoms with van der Waals surface area (Å²) in [6.07, 6.45) is 57.4. The van der Waals surface area contributed by atoms with Gasteiger partial charge in [0.2, 0.25) is 0 Å². The van der Waals surface area contributed by atoms with E-state index < -0.39 is 97.5 Å². The number of aliphatic hydroxyl groups is 1. The van der Waals surface area contributed by atoms with Crippen LogP contribution in [0.25, 0.3) is 0 Å². The normalized spacial score (nSPS) is 14.0. The molecule has 5 atom stereocenters. The van der Waals surface area contributed by atoms with Crippen molar-refractivity contribution in [2.75, 3.05) is 39.6 Å². The zero-order valence-electron chi connectivity index (χ0n) is 61.1. The van der Waals surface area contributed by atoms with Crippen LogP contribution in [0.4, 0.5) is 0 Å². The van der Waals surface area contributed by atoms with E-state index in [0.29, 0.717) is 25.7 Å². The number of esters is 4. The molecule has 0 bridgehead atoms. The lowest BCUT2D eigenvalue weighted by atomic mass is 10.0. The Morgan fingerprint density at radius 2 is 0.489 bits per heavy atom. The van der Waals surface area contributed by atoms with Gasteiger partial charge in [0.25, 0.3) is 0 Å². The molecule has 0 aliphatic heterocycles. The number of carbonyl (C=O) groups is 4. The van der Waals surface area contributed by atoms with E-state index in [0.717, 1.165) is 102 Å². The van der Waals surface area contributed by atoms with Crippen molar-refractivity contribution >= 4 is 39.5 Å². The minimum atomic E-state index is -4.95. The van der Waals surface area contributed by atoms with Crippen molar-refractivity contribution in [2.24, 2.45) is 5.92 Å². The molecule has 558 valence electrons. The van der Waals surface area contributed by atoms with Gasteiger partial charge in [-0.25, -0.2) is 9.13 Å². The van der Waals surface area contributed by atoms with Crippen LogP contribution in [0.5, 0.6) is 0 Å². The fraction of sp³-hybridized carbons (Fsp3) is 0.947. The SMILES string of the molecule is CCCCCCCCCCCCCCCCCCCCC(=O)OC[C@H](COP(=O)(O)OC[C@@H](O)COP(=O)(O)OC[C@@H](COC(=O)CCCCCCC)OC(=O)CCCCCCCCCCCCC(C)C)OC(=O)CCCCCCCCCCCCCCCCCCCC. The molecule has 0 aromatic rings. The van der Waals surface area contributed by atoms with Crippen molar-refractivity contribution in [1.29, 1.82) is 0 Å². The number of phosphoric ester groups is 2. The first-order valence-electron chi connectivity index (χ1n) is 39.1. The van der Waals surface area contributed by atoms with E-state index in [2.05, 4.69) is 34.6 Å². The third-order valence-electron chi connectivity index (χ3n) is 17.5. The predicted octanol–water partition coefficient (Wildman–Crippen LogP) is 22.1. The number of unbranched alkanes of at least 4 members (excludes halogenated alkanes) is 47. The lowest BCUT2D eigenvalue weighted by Crippen LogP contribution is -2.30. The van der Waals surface area contributed by atoms with Crippen LogP contribution in [-0.4, -0.2) is 96.7 Å². The van der Waals surface area contributed by atoms with Gasteiger partial charge < -0.3 is 33.8 Å². The second-order valence-corrected chi connectivity index (χ2v) is 30.4. The lowest BCUT2D eigenvalue weighted by Gasteiger charge is -2.21. The molecule has 0 saturated heterocycles. The van der Waals surface area contributed by atoms with Crippen LogP contribution >= 0.6 is 15.6 Å². The van der Waals surface area contributed by atoms with Crippen molar-refractivity contribution in [3.8, 4) is 0 Å². The van der Waals surface area contributed by atoms with Gasteiger partial charge in [0.1, 0.15) is 19.3 Å². The minimum Gasteiger partial charge on any atom is -0.462 e. The van der Waals surface area contributed by atoms with E-state index in [-0.39, 0.29) is 25.7 Å². The smallest absolute Gasteiger partial charge is 0.462 e. The van der Waals surface area contributed by atoms with Gasteiger partial charge in [-0.2, -0.15) is 0 Å². The molecule has 0 radical (unpaired) electrons. The number of rotatable bonds is 75. The Hall–Kier alpha value is -1.94. The summed E-state index contributed by atoms with van der Waals surface area (Å²) in [6.45, 7) is 7.19. The Bertz CT molecular complexity index is 1810. The minimum absolute atomic E-state index is 0.105. The maximum absolute atomic E-state index is 13.1. The summed E-state index contributed by atoms with van der Waals surface area (Å²) in [5, 5.41) is 10.6. The molecule has 0 aliphatic rings. The van der Waals surface area contributed by atoms with E-state index >= 15 is 0 Å². The molecule has 19 heteroatoms. The summed E-state index contributed by atoms with van der Waals surface area (Å²) in [5.41, 5.74) is 0. The first-order chi connectivity index (χ1) is 45.5. The second-order valence-electron chi connectivity index (χ2n) is 27.5. The summed E-state index contributed by atoms with van der Waals surface area (Å²) in [5.74, 6) is -1.37. The number of carbonyl (C=O) groups excluding carboxylic acids is 4. The molecular formula is C75H146O17P2. The van der Waals surface area contributed by atoms with Crippen LogP contribution in [0.15, 0.2) is 0 Å². The Morgan fingerprint density at radius 3 is 0.723 bits per heavy atom. The third kappa shape index (κ3) is 68.6. The molecule has 0 fully saturated rings. The third-order valence-corrected chi connectivity index (χ3v) is 19.4. The van der Waals surface area contributed by atoms with Crippen LogP contribution in [-0.2, 0) is 65.4 Å². The summed E-state index contributed by atoms with van der Waals surface area (Å²) in [6, 6.07) is 0. The molecule has 0 heterocycles. The number of ether oxygens (including phenoxy) is 4. The average Bonchev–Trinajstić information content (AvgIpc) is 1.53. The van der Waals surface area contributed by atoms with Gasteiger partial charge in [0.05, 0.1) is 26.4 Å². The maximum Gasteiger partial charge on any atom is 0.472 e. The molecule has 2 unspecified atom stereocenters. The van der Waals surface area contributed by atoms with Crippen molar-refractivity contribution in [3.05, 3.63) is 0 Å². The summed E-state index contributed by atoms with van der Waals surface area (Å²) in [4.78, 5) is 72.5. The highest BCUT2D eigenvalue weighted by Crippen LogP contribution is 2.45. The highest BCUT2D eigenvalue weighted by atomic mass is 31.2. The Balaban J connectivity index is 5.14. The summed E-state index contributed by atoms with van der Waals surface area (Å²) in [7, 11) is -9.90. The van der Waals surface area contributed by atoms with Gasteiger partial charge in [0.15, 0.2) is 12.2 Å². The number of phosphoric acid groups is 2. The maximum atomic E-state index is 13.1. The van der Waals surface area contributed by atoms with Gasteiger partial charge in [-0.05, 0) is 31.6 Å². The predicted molar refractivity (Wildman–Crippen MR) is 382 cm³/mol. The van der Waals surface area contributed by atoms with Crippen molar-refractivity contribution < 1.29 is 80.2 Å². The fourth-order valence-electron chi connectivity index (χ4n) is 11.5. The number of hydrogen-bond acceptors (Lipinski definition) is 15. The lowest BCUT2D eigenvalue weighted by molar-refractivity contribution is -0.161. The van der Waals surface area contributed by atoms with Crippen LogP contribution in [0.1, 0.15) is 394 Å². The monoisotopic (exact) mass is 1380 g/mol. The molecule has 3 N–H and O–H groups in total. The summed E-state index contributed by atoms with van der Waals surface area (Å²) < 4.78 is 68.3. The topological polar surface area (TPSA) is 237 Å². The van der Waals surface area contributed by atoms with Gasteiger partial charge >= 0.3 is 39.5 Å². The van der Waals surface area contributed by atoms with E-state index in [4.69, 9.17) is 37.0 Å². The van der Waals surface area contributed by atoms with E-state index in [9.17, 15) is 43.2 Å². The van der Waals surface area contributed by atoms with E-state index in [1.54, 1.807) is 0 Å². The van der Waals surface area contributed by atoms with Gasteiger partial charge in [-0.15, -0.1) is 0 Å². The molecule has 0 aliphatic carbocycles. The van der Waals surface area contributed by atoms with Gasteiger partial charge in [0, 0.05) is 25.7 Å². The number of hydrogen-bond donors (Lipinski definition) is 3. The molecular weight excluding hydrogens is 1230 g/mol. The van der Waals surface area contributed by atoms with Gasteiger partial charge in [-0.3, -0.25) is 37.3 Å².